The maximum Gasteiger partial charge on any atom is 0.209 e. The lowest BCUT2D eigenvalue weighted by molar-refractivity contribution is 0.198. The highest BCUT2D eigenvalue weighted by Gasteiger charge is 2.18. The van der Waals surface area contributed by atoms with Gasteiger partial charge >= 0.3 is 0 Å². The average molecular weight is 320 g/mol. The summed E-state index contributed by atoms with van der Waals surface area (Å²) in [5, 5.41) is 4.16. The number of halogens is 1. The van der Waals surface area contributed by atoms with Gasteiger partial charge in [-0.15, -0.1) is 0 Å². The number of benzene rings is 1. The Hall–Kier alpha value is -1.36. The molecule has 5 heteroatoms. The molecule has 1 saturated heterocycles. The van der Waals surface area contributed by atoms with Crippen LogP contribution in [-0.2, 0) is 6.54 Å². The molecule has 0 saturated carbocycles. The maximum atomic E-state index is 6.03. The number of hydrogen-bond acceptors (Lipinski definition) is 4. The fourth-order valence-electron chi connectivity index (χ4n) is 2.94. The zero-order valence-electron chi connectivity index (χ0n) is 12.9. The Morgan fingerprint density at radius 3 is 3.14 bits per heavy atom. The minimum absolute atomic E-state index is 0.594. The third-order valence-corrected chi connectivity index (χ3v) is 4.45. The van der Waals surface area contributed by atoms with Crippen molar-refractivity contribution >= 4 is 11.6 Å². The van der Waals surface area contributed by atoms with Crippen molar-refractivity contribution in [2.75, 3.05) is 20.1 Å². The molecule has 2 aromatic rings. The minimum atomic E-state index is 0.594. The summed E-state index contributed by atoms with van der Waals surface area (Å²) in [5.74, 6) is 1.53. The Labute approximate surface area is 136 Å². The summed E-state index contributed by atoms with van der Waals surface area (Å²) in [4.78, 5) is 6.76. The van der Waals surface area contributed by atoms with Gasteiger partial charge in [0.1, 0.15) is 0 Å². The van der Waals surface area contributed by atoms with Gasteiger partial charge in [0, 0.05) is 16.6 Å². The maximum absolute atomic E-state index is 6.03. The molecule has 3 rings (SSSR count). The smallest absolute Gasteiger partial charge is 0.209 e. The quantitative estimate of drug-likeness (QED) is 0.935. The molecule has 0 radical (unpaired) electrons. The van der Waals surface area contributed by atoms with Gasteiger partial charge < -0.3 is 9.73 Å². The average Bonchev–Trinajstić information content (AvgIpc) is 2.80. The summed E-state index contributed by atoms with van der Waals surface area (Å²) < 4.78 is 5.89. The lowest BCUT2D eigenvalue weighted by atomic mass is 10.1. The van der Waals surface area contributed by atoms with Gasteiger partial charge in [-0.1, -0.05) is 23.7 Å². The first-order valence-electron chi connectivity index (χ1n) is 7.84. The van der Waals surface area contributed by atoms with E-state index in [2.05, 4.69) is 22.2 Å². The van der Waals surface area contributed by atoms with Crippen molar-refractivity contribution in [3.63, 3.8) is 0 Å². The number of hydrogen-bond donors (Lipinski definition) is 1. The first-order chi connectivity index (χ1) is 10.7. The molecule has 0 aliphatic carbocycles. The summed E-state index contributed by atoms with van der Waals surface area (Å²) >= 11 is 6.03. The number of aromatic nitrogens is 1. The molecule has 118 valence electrons. The van der Waals surface area contributed by atoms with Gasteiger partial charge in [-0.25, -0.2) is 4.98 Å². The number of nitrogens with zero attached hydrogens (tertiary/aromatic N) is 2. The third-order valence-electron chi connectivity index (χ3n) is 4.22. The first kappa shape index (κ1) is 15.5. The van der Waals surface area contributed by atoms with E-state index >= 15 is 0 Å². The van der Waals surface area contributed by atoms with Crippen LogP contribution in [0.5, 0.6) is 0 Å². The fourth-order valence-corrected chi connectivity index (χ4v) is 3.13. The second-order valence-corrected chi connectivity index (χ2v) is 6.31. The summed E-state index contributed by atoms with van der Waals surface area (Å²) in [7, 11) is 2.15. The van der Waals surface area contributed by atoms with E-state index < -0.39 is 0 Å². The van der Waals surface area contributed by atoms with E-state index in [9.17, 15) is 0 Å². The second kappa shape index (κ2) is 7.27. The molecule has 1 aliphatic rings. The minimum Gasteiger partial charge on any atom is -0.439 e. The molecule has 1 unspecified atom stereocenters. The molecular weight excluding hydrogens is 298 g/mol. The van der Waals surface area contributed by atoms with Crippen molar-refractivity contribution in [2.24, 2.45) is 0 Å². The van der Waals surface area contributed by atoms with Gasteiger partial charge in [-0.3, -0.25) is 4.90 Å². The van der Waals surface area contributed by atoms with Crippen molar-refractivity contribution in [1.29, 1.82) is 0 Å². The van der Waals surface area contributed by atoms with E-state index in [4.69, 9.17) is 16.0 Å². The predicted molar refractivity (Wildman–Crippen MR) is 88.9 cm³/mol. The number of oxazole rings is 1. The Morgan fingerprint density at radius 1 is 1.36 bits per heavy atom. The van der Waals surface area contributed by atoms with Gasteiger partial charge in [0.15, 0.2) is 5.76 Å². The molecular formula is C17H22ClN3O. The highest BCUT2D eigenvalue weighted by Crippen LogP contribution is 2.24. The highest BCUT2D eigenvalue weighted by atomic mass is 35.5. The zero-order valence-corrected chi connectivity index (χ0v) is 13.6. The second-order valence-electron chi connectivity index (χ2n) is 5.88. The monoisotopic (exact) mass is 319 g/mol. The molecule has 2 heterocycles. The van der Waals surface area contributed by atoms with Crippen LogP contribution in [0.3, 0.4) is 0 Å². The van der Waals surface area contributed by atoms with Crippen molar-refractivity contribution in [2.45, 2.75) is 31.8 Å². The van der Waals surface area contributed by atoms with Crippen LogP contribution in [0, 0.1) is 0 Å². The third kappa shape index (κ3) is 3.88. The van der Waals surface area contributed by atoms with Crippen LogP contribution in [0.4, 0.5) is 0 Å². The van der Waals surface area contributed by atoms with E-state index in [0.717, 1.165) is 36.8 Å². The fraction of sp³-hybridized carbons (Fsp3) is 0.471. The SMILES string of the molecule is CN(Cc1ncc(-c2cccc(Cl)c2)o1)C1CCCNCC1. The van der Waals surface area contributed by atoms with Gasteiger partial charge in [0.2, 0.25) is 5.89 Å². The molecule has 0 amide bonds. The Morgan fingerprint density at radius 2 is 2.27 bits per heavy atom. The molecule has 0 bridgehead atoms. The van der Waals surface area contributed by atoms with E-state index in [1.807, 2.05) is 24.3 Å². The molecule has 1 atom stereocenters. The topological polar surface area (TPSA) is 41.3 Å². The van der Waals surface area contributed by atoms with Crippen LogP contribution >= 0.6 is 11.6 Å². The van der Waals surface area contributed by atoms with Crippen LogP contribution in [-0.4, -0.2) is 36.1 Å². The predicted octanol–water partition coefficient (Wildman–Crippen LogP) is 3.57. The van der Waals surface area contributed by atoms with E-state index in [-0.39, 0.29) is 0 Å². The van der Waals surface area contributed by atoms with Crippen molar-refractivity contribution in [3.8, 4) is 11.3 Å². The summed E-state index contributed by atoms with van der Waals surface area (Å²) in [6.07, 6.45) is 5.42. The van der Waals surface area contributed by atoms with Gasteiger partial charge in [0.25, 0.3) is 0 Å². The van der Waals surface area contributed by atoms with Crippen molar-refractivity contribution in [1.82, 2.24) is 15.2 Å². The molecule has 4 nitrogen and oxygen atoms in total. The van der Waals surface area contributed by atoms with Crippen LogP contribution < -0.4 is 5.32 Å². The van der Waals surface area contributed by atoms with Crippen LogP contribution in [0.15, 0.2) is 34.9 Å². The van der Waals surface area contributed by atoms with E-state index in [1.54, 1.807) is 6.20 Å². The summed E-state index contributed by atoms with van der Waals surface area (Å²) in [5.41, 5.74) is 0.965. The molecule has 1 aromatic heterocycles. The lowest BCUT2D eigenvalue weighted by Gasteiger charge is -2.25. The van der Waals surface area contributed by atoms with E-state index in [0.29, 0.717) is 11.1 Å². The van der Waals surface area contributed by atoms with Crippen LogP contribution in [0.2, 0.25) is 5.02 Å². The number of rotatable bonds is 4. The summed E-state index contributed by atoms with van der Waals surface area (Å²) in [6.45, 7) is 2.96. The number of nitrogens with one attached hydrogen (secondary N) is 1. The first-order valence-corrected chi connectivity index (χ1v) is 8.22. The van der Waals surface area contributed by atoms with E-state index in [1.165, 1.54) is 19.3 Å². The van der Waals surface area contributed by atoms with Crippen LogP contribution in [0.1, 0.15) is 25.2 Å². The van der Waals surface area contributed by atoms with Crippen molar-refractivity contribution < 1.29 is 4.42 Å². The molecule has 0 spiro atoms. The van der Waals surface area contributed by atoms with Crippen molar-refractivity contribution in [3.05, 3.63) is 41.4 Å². The Balaban J connectivity index is 1.66. The van der Waals surface area contributed by atoms with Gasteiger partial charge in [0.05, 0.1) is 12.7 Å². The normalized spacial score (nSPS) is 19.3. The molecule has 1 fully saturated rings. The Kier molecular flexibility index (Phi) is 5.13. The molecule has 22 heavy (non-hydrogen) atoms. The molecule has 1 N–H and O–H groups in total. The molecule has 1 aliphatic heterocycles. The standard InChI is InChI=1S/C17H22ClN3O/c1-21(15-6-3-8-19-9-7-15)12-17-20-11-16(22-17)13-4-2-5-14(18)10-13/h2,4-5,10-11,15,19H,3,6-9,12H2,1H3. The Bertz CT molecular complexity index is 605. The summed E-state index contributed by atoms with van der Waals surface area (Å²) in [6, 6.07) is 8.25. The largest absolute Gasteiger partial charge is 0.439 e. The lowest BCUT2D eigenvalue weighted by Crippen LogP contribution is -2.32. The zero-order chi connectivity index (χ0) is 15.4. The van der Waals surface area contributed by atoms with Gasteiger partial charge in [-0.2, -0.15) is 0 Å². The highest BCUT2D eigenvalue weighted by molar-refractivity contribution is 6.30. The van der Waals surface area contributed by atoms with Gasteiger partial charge in [-0.05, 0) is 51.5 Å². The van der Waals surface area contributed by atoms with Crippen LogP contribution in [0.25, 0.3) is 11.3 Å². The molecule has 1 aromatic carbocycles.